The molecule has 1 N–H and O–H groups in total. The Balaban J connectivity index is 1.43. The fourth-order valence-electron chi connectivity index (χ4n) is 3.95. The SMILES string of the molecule is C[C@H]1CS(=O)(=O)N(c2ccc(C(=O)Nc3ccc(N4CCCCC4)cc3)cc2)C1=O. The lowest BCUT2D eigenvalue weighted by Gasteiger charge is -2.28. The molecule has 2 aromatic carbocycles. The van der Waals surface area contributed by atoms with Crippen LogP contribution in [0.4, 0.5) is 17.1 Å². The predicted molar refractivity (Wildman–Crippen MR) is 117 cm³/mol. The molecule has 30 heavy (non-hydrogen) atoms. The highest BCUT2D eigenvalue weighted by Crippen LogP contribution is 2.28. The zero-order valence-electron chi connectivity index (χ0n) is 16.9. The molecule has 7 nitrogen and oxygen atoms in total. The van der Waals surface area contributed by atoms with E-state index in [2.05, 4.69) is 10.2 Å². The molecule has 0 aliphatic carbocycles. The van der Waals surface area contributed by atoms with E-state index >= 15 is 0 Å². The van der Waals surface area contributed by atoms with Crippen LogP contribution in [0.3, 0.4) is 0 Å². The summed E-state index contributed by atoms with van der Waals surface area (Å²) in [4.78, 5) is 27.1. The summed E-state index contributed by atoms with van der Waals surface area (Å²) in [5.74, 6) is -1.50. The first-order valence-electron chi connectivity index (χ1n) is 10.2. The molecule has 0 bridgehead atoms. The Morgan fingerprint density at radius 1 is 0.933 bits per heavy atom. The normalized spacial score (nSPS) is 21.0. The third kappa shape index (κ3) is 4.05. The highest BCUT2D eigenvalue weighted by atomic mass is 32.2. The van der Waals surface area contributed by atoms with Crippen LogP contribution < -0.4 is 14.5 Å². The Kier molecular flexibility index (Phi) is 5.51. The van der Waals surface area contributed by atoms with Crippen molar-refractivity contribution in [2.75, 3.05) is 33.4 Å². The van der Waals surface area contributed by atoms with E-state index in [1.165, 1.54) is 43.5 Å². The summed E-state index contributed by atoms with van der Waals surface area (Å²) in [6, 6.07) is 13.8. The van der Waals surface area contributed by atoms with Gasteiger partial charge in [-0.25, -0.2) is 12.7 Å². The summed E-state index contributed by atoms with van der Waals surface area (Å²) in [7, 11) is -3.65. The number of nitrogens with one attached hydrogen (secondary N) is 1. The van der Waals surface area contributed by atoms with Gasteiger partial charge in [-0.2, -0.15) is 0 Å². The van der Waals surface area contributed by atoms with Gasteiger partial charge in [-0.05, 0) is 67.8 Å². The maximum Gasteiger partial charge on any atom is 0.255 e. The van der Waals surface area contributed by atoms with Crippen molar-refractivity contribution in [3.05, 3.63) is 54.1 Å². The lowest BCUT2D eigenvalue weighted by molar-refractivity contribution is -0.119. The first-order valence-corrected chi connectivity index (χ1v) is 11.8. The molecular weight excluding hydrogens is 402 g/mol. The van der Waals surface area contributed by atoms with Crippen LogP contribution in [0.2, 0.25) is 0 Å². The van der Waals surface area contributed by atoms with Crippen LogP contribution in [0, 0.1) is 5.92 Å². The quantitative estimate of drug-likeness (QED) is 0.809. The van der Waals surface area contributed by atoms with Crippen molar-refractivity contribution in [3.63, 3.8) is 0 Å². The molecular formula is C22H25N3O4S. The van der Waals surface area contributed by atoms with Gasteiger partial charge in [-0.1, -0.05) is 6.92 Å². The van der Waals surface area contributed by atoms with E-state index in [-0.39, 0.29) is 17.3 Å². The van der Waals surface area contributed by atoms with Crippen molar-refractivity contribution in [1.29, 1.82) is 0 Å². The molecule has 2 saturated heterocycles. The maximum atomic E-state index is 12.6. The topological polar surface area (TPSA) is 86.8 Å². The minimum Gasteiger partial charge on any atom is -0.372 e. The van der Waals surface area contributed by atoms with Crippen molar-refractivity contribution in [1.82, 2.24) is 0 Å². The summed E-state index contributed by atoms with van der Waals surface area (Å²) in [6.07, 6.45) is 3.69. The van der Waals surface area contributed by atoms with Crippen LogP contribution in [-0.4, -0.2) is 39.1 Å². The van der Waals surface area contributed by atoms with Gasteiger partial charge in [0.2, 0.25) is 15.9 Å². The fraction of sp³-hybridized carbons (Fsp3) is 0.364. The molecule has 0 unspecified atom stereocenters. The van der Waals surface area contributed by atoms with Gasteiger partial charge in [0, 0.05) is 30.0 Å². The predicted octanol–water partition coefficient (Wildman–Crippen LogP) is 3.24. The van der Waals surface area contributed by atoms with Crippen molar-refractivity contribution >= 4 is 38.9 Å². The summed E-state index contributed by atoms with van der Waals surface area (Å²) in [5.41, 5.74) is 2.49. The van der Waals surface area contributed by atoms with E-state index < -0.39 is 21.8 Å². The first-order chi connectivity index (χ1) is 14.3. The Morgan fingerprint density at radius 2 is 1.53 bits per heavy atom. The first kappa shape index (κ1) is 20.4. The molecule has 2 aliphatic heterocycles. The minimum absolute atomic E-state index is 0.193. The lowest BCUT2D eigenvalue weighted by atomic mass is 10.1. The zero-order valence-corrected chi connectivity index (χ0v) is 17.7. The second-order valence-corrected chi connectivity index (χ2v) is 9.74. The number of benzene rings is 2. The van der Waals surface area contributed by atoms with Crippen LogP contribution >= 0.6 is 0 Å². The maximum absolute atomic E-state index is 12.6. The van der Waals surface area contributed by atoms with Crippen molar-refractivity contribution in [2.24, 2.45) is 5.92 Å². The summed E-state index contributed by atoms with van der Waals surface area (Å²) >= 11 is 0. The number of amides is 2. The highest BCUT2D eigenvalue weighted by molar-refractivity contribution is 7.94. The van der Waals surface area contributed by atoms with Gasteiger partial charge in [-0.3, -0.25) is 9.59 Å². The molecule has 158 valence electrons. The van der Waals surface area contributed by atoms with E-state index in [0.29, 0.717) is 11.3 Å². The van der Waals surface area contributed by atoms with Gasteiger partial charge >= 0.3 is 0 Å². The number of carbonyl (C=O) groups is 2. The van der Waals surface area contributed by atoms with Gasteiger partial charge in [0.15, 0.2) is 0 Å². The van der Waals surface area contributed by atoms with Crippen LogP contribution in [-0.2, 0) is 14.8 Å². The van der Waals surface area contributed by atoms with Gasteiger partial charge in [0.25, 0.3) is 5.91 Å². The number of rotatable bonds is 4. The number of hydrogen-bond acceptors (Lipinski definition) is 5. The van der Waals surface area contributed by atoms with E-state index in [0.717, 1.165) is 23.1 Å². The molecule has 2 aromatic rings. The van der Waals surface area contributed by atoms with Gasteiger partial charge < -0.3 is 10.2 Å². The second kappa shape index (κ2) is 8.10. The van der Waals surface area contributed by atoms with Crippen LogP contribution in [0.15, 0.2) is 48.5 Å². The molecule has 2 heterocycles. The van der Waals surface area contributed by atoms with Crippen LogP contribution in [0.25, 0.3) is 0 Å². The molecule has 2 amide bonds. The Hall–Kier alpha value is -2.87. The van der Waals surface area contributed by atoms with E-state index in [4.69, 9.17) is 0 Å². The zero-order chi connectivity index (χ0) is 21.3. The van der Waals surface area contributed by atoms with Crippen molar-refractivity contribution < 1.29 is 18.0 Å². The number of sulfonamides is 1. The fourth-order valence-corrected chi connectivity index (χ4v) is 5.77. The van der Waals surface area contributed by atoms with Gasteiger partial charge in [0.1, 0.15) is 0 Å². The van der Waals surface area contributed by atoms with Crippen molar-refractivity contribution in [3.8, 4) is 0 Å². The van der Waals surface area contributed by atoms with Gasteiger partial charge in [-0.15, -0.1) is 0 Å². The molecule has 8 heteroatoms. The Bertz CT molecular complexity index is 1040. The molecule has 0 radical (unpaired) electrons. The van der Waals surface area contributed by atoms with Crippen molar-refractivity contribution in [2.45, 2.75) is 26.2 Å². The number of piperidine rings is 1. The average molecular weight is 428 g/mol. The molecule has 0 aromatic heterocycles. The average Bonchev–Trinajstić information content (AvgIpc) is 2.95. The molecule has 4 rings (SSSR count). The van der Waals surface area contributed by atoms with Crippen LogP contribution in [0.1, 0.15) is 36.5 Å². The summed E-state index contributed by atoms with van der Waals surface area (Å²) < 4.78 is 25.2. The molecule has 2 fully saturated rings. The largest absolute Gasteiger partial charge is 0.372 e. The van der Waals surface area contributed by atoms with E-state index in [9.17, 15) is 18.0 Å². The monoisotopic (exact) mass is 427 g/mol. The summed E-state index contributed by atoms with van der Waals surface area (Å²) in [5, 5.41) is 2.85. The minimum atomic E-state index is -3.65. The number of anilines is 3. The molecule has 1 atom stereocenters. The second-order valence-electron chi connectivity index (χ2n) is 7.88. The van der Waals surface area contributed by atoms with E-state index in [1.54, 1.807) is 6.92 Å². The molecule has 0 spiro atoms. The number of nitrogens with zero attached hydrogens (tertiary/aromatic N) is 2. The highest BCUT2D eigenvalue weighted by Gasteiger charge is 2.41. The number of hydrogen-bond donors (Lipinski definition) is 1. The molecule has 2 aliphatic rings. The smallest absolute Gasteiger partial charge is 0.255 e. The Labute approximate surface area is 176 Å². The Morgan fingerprint density at radius 3 is 2.10 bits per heavy atom. The lowest BCUT2D eigenvalue weighted by Crippen LogP contribution is -2.30. The van der Waals surface area contributed by atoms with Crippen LogP contribution in [0.5, 0.6) is 0 Å². The third-order valence-electron chi connectivity index (χ3n) is 5.57. The van der Waals surface area contributed by atoms with Gasteiger partial charge in [0.05, 0.1) is 17.4 Å². The standard InChI is InChI=1S/C22H25N3O4S/c1-16-15-30(28,29)25(22(16)27)20-9-5-17(6-10-20)21(26)23-18-7-11-19(12-8-18)24-13-3-2-4-14-24/h5-12,16H,2-4,13-15H2,1H3,(H,23,26)/t16-/m0/s1. The summed E-state index contributed by atoms with van der Waals surface area (Å²) in [6.45, 7) is 3.72. The number of carbonyl (C=O) groups excluding carboxylic acids is 2. The molecule has 0 saturated carbocycles. The third-order valence-corrected chi connectivity index (χ3v) is 7.44. The van der Waals surface area contributed by atoms with E-state index in [1.807, 2.05) is 24.3 Å².